The number of pyridine rings is 1. The molecule has 2 aromatic rings. The monoisotopic (exact) mass is 384 g/mol. The maximum atomic E-state index is 14.3. The van der Waals surface area contributed by atoms with Gasteiger partial charge in [0.25, 0.3) is 0 Å². The number of halogens is 4. The molecule has 2 heterocycles. The van der Waals surface area contributed by atoms with E-state index in [1.54, 1.807) is 12.1 Å². The van der Waals surface area contributed by atoms with Gasteiger partial charge in [-0.1, -0.05) is 26.8 Å². The van der Waals surface area contributed by atoms with Gasteiger partial charge in [0, 0.05) is 18.3 Å². The van der Waals surface area contributed by atoms with Gasteiger partial charge in [0.1, 0.15) is 23.1 Å². The summed E-state index contributed by atoms with van der Waals surface area (Å²) in [4.78, 5) is 5.30. The Bertz CT molecular complexity index is 840. The van der Waals surface area contributed by atoms with Crippen LogP contribution in [0.2, 0.25) is 0 Å². The molecule has 0 bridgehead atoms. The van der Waals surface area contributed by atoms with E-state index in [2.05, 4.69) is 4.98 Å². The number of anilines is 1. The predicted molar refractivity (Wildman–Crippen MR) is 92.6 cm³/mol. The molecule has 1 fully saturated rings. The van der Waals surface area contributed by atoms with Crippen molar-refractivity contribution in [1.29, 1.82) is 0 Å². The average molecular weight is 384 g/mol. The third kappa shape index (κ3) is 3.85. The Kier molecular flexibility index (Phi) is 4.58. The lowest BCUT2D eigenvalue weighted by Crippen LogP contribution is -2.69. The summed E-state index contributed by atoms with van der Waals surface area (Å²) in [6.45, 7) is 4.51. The maximum Gasteiger partial charge on any atom is 0.420 e. The molecule has 0 unspecified atom stereocenters. The van der Waals surface area contributed by atoms with Crippen LogP contribution in [0.5, 0.6) is 11.5 Å². The Morgan fingerprint density at radius 2 is 1.70 bits per heavy atom. The van der Waals surface area contributed by atoms with Crippen LogP contribution < -0.4 is 9.64 Å². The number of alkyl halides is 3. The van der Waals surface area contributed by atoms with Gasteiger partial charge in [0.05, 0.1) is 13.1 Å². The molecule has 0 atom stereocenters. The topological polar surface area (TPSA) is 45.6 Å². The molecular formula is C19H20F4N2O2. The number of rotatable bonds is 3. The highest BCUT2D eigenvalue weighted by Gasteiger charge is 2.61. The summed E-state index contributed by atoms with van der Waals surface area (Å²) in [5, 5.41) is 9.54. The molecule has 0 aliphatic carbocycles. The van der Waals surface area contributed by atoms with Gasteiger partial charge >= 0.3 is 6.18 Å². The molecule has 146 valence electrons. The minimum atomic E-state index is -4.69. The second-order valence-corrected chi connectivity index (χ2v) is 7.73. The number of aliphatic hydroxyl groups is 1. The normalized spacial score (nSPS) is 16.8. The molecule has 1 aromatic heterocycles. The van der Waals surface area contributed by atoms with Crippen LogP contribution in [-0.2, 0) is 5.41 Å². The summed E-state index contributed by atoms with van der Waals surface area (Å²) in [6, 6.07) is 7.52. The lowest BCUT2D eigenvalue weighted by Gasteiger charge is -2.47. The van der Waals surface area contributed by atoms with E-state index in [9.17, 15) is 22.7 Å². The first-order valence-electron chi connectivity index (χ1n) is 8.37. The van der Waals surface area contributed by atoms with Crippen LogP contribution in [0.1, 0.15) is 26.3 Å². The van der Waals surface area contributed by atoms with Crippen molar-refractivity contribution in [1.82, 2.24) is 4.98 Å². The fourth-order valence-corrected chi connectivity index (χ4v) is 2.87. The van der Waals surface area contributed by atoms with Crippen LogP contribution in [0.25, 0.3) is 0 Å². The predicted octanol–water partition coefficient (Wildman–Crippen LogP) is 4.42. The number of ether oxygens (including phenoxy) is 1. The van der Waals surface area contributed by atoms with E-state index in [0.717, 1.165) is 0 Å². The van der Waals surface area contributed by atoms with Crippen molar-refractivity contribution in [2.24, 2.45) is 0 Å². The molecule has 0 saturated carbocycles. The summed E-state index contributed by atoms with van der Waals surface area (Å²) >= 11 is 0. The molecule has 1 aliphatic heterocycles. The number of benzene rings is 1. The van der Waals surface area contributed by atoms with Crippen LogP contribution in [0.15, 0.2) is 36.5 Å². The van der Waals surface area contributed by atoms with Gasteiger partial charge in [-0.15, -0.1) is 0 Å². The molecule has 4 nitrogen and oxygen atoms in total. The van der Waals surface area contributed by atoms with Crippen molar-refractivity contribution in [2.45, 2.75) is 38.0 Å². The molecule has 1 N–H and O–H groups in total. The molecule has 8 heteroatoms. The minimum Gasteiger partial charge on any atom is -0.457 e. The second-order valence-electron chi connectivity index (χ2n) is 7.73. The largest absolute Gasteiger partial charge is 0.457 e. The number of β-amino-alcohol motifs (C(OH)–C–C–N with tert-alkyl or cyclic N) is 1. The number of aromatic nitrogens is 1. The van der Waals surface area contributed by atoms with Gasteiger partial charge in [-0.25, -0.2) is 9.37 Å². The summed E-state index contributed by atoms with van der Waals surface area (Å²) in [6.07, 6.45) is -3.31. The van der Waals surface area contributed by atoms with Gasteiger partial charge in [-0.05, 0) is 23.1 Å². The Balaban J connectivity index is 1.73. The summed E-state index contributed by atoms with van der Waals surface area (Å²) in [5.74, 6) is 0.430. The van der Waals surface area contributed by atoms with Crippen molar-refractivity contribution in [3.63, 3.8) is 0 Å². The molecule has 0 spiro atoms. The third-order valence-corrected chi connectivity index (χ3v) is 4.46. The van der Waals surface area contributed by atoms with Gasteiger partial charge in [0.15, 0.2) is 5.60 Å². The zero-order valence-electron chi connectivity index (χ0n) is 15.1. The van der Waals surface area contributed by atoms with E-state index in [1.165, 1.54) is 29.3 Å². The minimum absolute atomic E-state index is 0.244. The Morgan fingerprint density at radius 1 is 1.07 bits per heavy atom. The molecule has 3 rings (SSSR count). The Hall–Kier alpha value is -2.35. The van der Waals surface area contributed by atoms with Crippen LogP contribution >= 0.6 is 0 Å². The van der Waals surface area contributed by atoms with E-state index in [1.807, 2.05) is 20.8 Å². The molecule has 1 aromatic carbocycles. The Morgan fingerprint density at radius 3 is 2.26 bits per heavy atom. The van der Waals surface area contributed by atoms with E-state index in [0.29, 0.717) is 11.3 Å². The SMILES string of the molecule is CC(C)(C)c1ccc(Oc2ccnc(N3CC(O)(C(F)(F)F)C3)c2)cc1F. The highest BCUT2D eigenvalue weighted by molar-refractivity contribution is 5.49. The first-order chi connectivity index (χ1) is 12.4. The van der Waals surface area contributed by atoms with E-state index >= 15 is 0 Å². The number of hydrogen-bond acceptors (Lipinski definition) is 4. The fourth-order valence-electron chi connectivity index (χ4n) is 2.87. The Labute approximate surface area is 154 Å². The molecule has 0 amide bonds. The van der Waals surface area contributed by atoms with Crippen molar-refractivity contribution >= 4 is 5.82 Å². The highest BCUT2D eigenvalue weighted by atomic mass is 19.4. The first-order valence-corrected chi connectivity index (χ1v) is 8.37. The standard InChI is InChI=1S/C19H20F4N2O2/c1-17(2,3)14-5-4-12(8-15(14)20)27-13-6-7-24-16(9-13)25-10-18(26,11-25)19(21,22)23/h4-9,26H,10-11H2,1-3H3. The highest BCUT2D eigenvalue weighted by Crippen LogP contribution is 2.40. The van der Waals surface area contributed by atoms with Crippen LogP contribution in [0.4, 0.5) is 23.4 Å². The van der Waals surface area contributed by atoms with Gasteiger partial charge < -0.3 is 14.7 Å². The van der Waals surface area contributed by atoms with Crippen molar-refractivity contribution in [2.75, 3.05) is 18.0 Å². The number of hydrogen-bond donors (Lipinski definition) is 1. The van der Waals surface area contributed by atoms with Gasteiger partial charge in [-0.2, -0.15) is 13.2 Å². The average Bonchev–Trinajstić information content (AvgIpc) is 2.49. The zero-order chi connectivity index (χ0) is 20.0. The van der Waals surface area contributed by atoms with Crippen LogP contribution in [0.3, 0.4) is 0 Å². The number of nitrogens with zero attached hydrogens (tertiary/aromatic N) is 2. The molecule has 0 radical (unpaired) electrons. The van der Waals surface area contributed by atoms with Crippen LogP contribution in [0, 0.1) is 5.82 Å². The lowest BCUT2D eigenvalue weighted by molar-refractivity contribution is -0.267. The van der Waals surface area contributed by atoms with E-state index in [4.69, 9.17) is 4.74 Å². The molecule has 27 heavy (non-hydrogen) atoms. The fraction of sp³-hybridized carbons (Fsp3) is 0.421. The van der Waals surface area contributed by atoms with Gasteiger partial charge in [0.2, 0.25) is 0 Å². The summed E-state index contributed by atoms with van der Waals surface area (Å²) in [5.41, 5.74) is -2.52. The first kappa shape index (κ1) is 19.4. The van der Waals surface area contributed by atoms with E-state index < -0.39 is 30.7 Å². The van der Waals surface area contributed by atoms with Crippen molar-refractivity contribution in [3.05, 3.63) is 47.9 Å². The summed E-state index contributed by atoms with van der Waals surface area (Å²) in [7, 11) is 0. The van der Waals surface area contributed by atoms with E-state index in [-0.39, 0.29) is 17.0 Å². The lowest BCUT2D eigenvalue weighted by atomic mass is 9.87. The smallest absolute Gasteiger partial charge is 0.420 e. The molecule has 1 saturated heterocycles. The van der Waals surface area contributed by atoms with Crippen molar-refractivity contribution < 1.29 is 27.4 Å². The zero-order valence-corrected chi connectivity index (χ0v) is 15.1. The molecular weight excluding hydrogens is 364 g/mol. The third-order valence-electron chi connectivity index (χ3n) is 4.46. The summed E-state index contributed by atoms with van der Waals surface area (Å²) < 4.78 is 58.1. The maximum absolute atomic E-state index is 14.3. The van der Waals surface area contributed by atoms with Gasteiger partial charge in [-0.3, -0.25) is 0 Å². The second kappa shape index (κ2) is 6.37. The van der Waals surface area contributed by atoms with Crippen LogP contribution in [-0.4, -0.2) is 35.0 Å². The van der Waals surface area contributed by atoms with Crippen molar-refractivity contribution in [3.8, 4) is 11.5 Å². The quantitative estimate of drug-likeness (QED) is 0.796. The molecule has 1 aliphatic rings.